The zero-order valence-corrected chi connectivity index (χ0v) is 11.0. The molecule has 0 bridgehead atoms. The second-order valence-corrected chi connectivity index (χ2v) is 4.62. The molecule has 102 valence electrons. The van der Waals surface area contributed by atoms with Gasteiger partial charge in [-0.05, 0) is 34.8 Å². The minimum absolute atomic E-state index is 0.111. The van der Waals surface area contributed by atoms with Crippen molar-refractivity contribution in [3.05, 3.63) is 76.7 Å². The zero-order chi connectivity index (χ0) is 14.8. The fourth-order valence-corrected chi connectivity index (χ4v) is 2.37. The van der Waals surface area contributed by atoms with Gasteiger partial charge in [-0.1, -0.05) is 36.4 Å². The lowest BCUT2D eigenvalue weighted by atomic mass is 9.96. The van der Waals surface area contributed by atoms with Crippen LogP contribution in [0.1, 0.15) is 15.9 Å². The molecular formula is C17H11NO3. The largest absolute Gasteiger partial charge is 0.507 e. The minimum atomic E-state index is -0.290. The second kappa shape index (κ2) is 5.17. The summed E-state index contributed by atoms with van der Waals surface area (Å²) in [4.78, 5) is 23.5. The lowest BCUT2D eigenvalue weighted by Crippen LogP contribution is -2.02. The molecular weight excluding hydrogens is 266 g/mol. The van der Waals surface area contributed by atoms with Crippen LogP contribution in [0.2, 0.25) is 0 Å². The lowest BCUT2D eigenvalue weighted by molar-refractivity contribution is 0.104. The second-order valence-electron chi connectivity index (χ2n) is 4.62. The topological polar surface area (TPSA) is 66.7 Å². The van der Waals surface area contributed by atoms with Gasteiger partial charge in [-0.2, -0.15) is 0 Å². The molecule has 0 fully saturated rings. The van der Waals surface area contributed by atoms with Crippen molar-refractivity contribution >= 4 is 22.2 Å². The molecule has 0 atom stereocenters. The molecule has 1 N–H and O–H groups in total. The summed E-state index contributed by atoms with van der Waals surface area (Å²) in [6, 6.07) is 16.5. The average Bonchev–Trinajstić information content (AvgIpc) is 2.55. The third-order valence-electron chi connectivity index (χ3n) is 3.39. The molecule has 0 aliphatic heterocycles. The van der Waals surface area contributed by atoms with Crippen molar-refractivity contribution in [2.45, 2.75) is 0 Å². The molecule has 4 nitrogen and oxygen atoms in total. The van der Waals surface area contributed by atoms with Gasteiger partial charge in [-0.15, -0.1) is 4.91 Å². The summed E-state index contributed by atoms with van der Waals surface area (Å²) < 4.78 is 0. The van der Waals surface area contributed by atoms with Crippen LogP contribution in [-0.4, -0.2) is 10.9 Å². The Balaban J connectivity index is 2.23. The van der Waals surface area contributed by atoms with E-state index in [4.69, 9.17) is 0 Å². The van der Waals surface area contributed by atoms with Crippen LogP contribution in [0, 0.1) is 4.91 Å². The summed E-state index contributed by atoms with van der Waals surface area (Å²) in [7, 11) is 0. The maximum atomic E-state index is 12.7. The van der Waals surface area contributed by atoms with Crippen LogP contribution < -0.4 is 0 Å². The number of hydrogen-bond donors (Lipinski definition) is 1. The maximum Gasteiger partial charge on any atom is 0.195 e. The summed E-state index contributed by atoms with van der Waals surface area (Å²) in [6.07, 6.45) is 0. The number of phenolic OH excluding ortho intramolecular Hbond substituents is 1. The SMILES string of the molecule is O=Nc1ccccc1C(=O)c1ccc(O)c2ccccc12. The van der Waals surface area contributed by atoms with Crippen molar-refractivity contribution in [1.29, 1.82) is 0 Å². The van der Waals surface area contributed by atoms with Gasteiger partial charge in [0.15, 0.2) is 5.78 Å². The Kier molecular flexibility index (Phi) is 3.20. The number of carbonyl (C=O) groups excluding carboxylic acids is 1. The normalized spacial score (nSPS) is 10.5. The van der Waals surface area contributed by atoms with E-state index >= 15 is 0 Å². The van der Waals surface area contributed by atoms with Gasteiger partial charge in [-0.3, -0.25) is 4.79 Å². The molecule has 4 heteroatoms. The summed E-state index contributed by atoms with van der Waals surface area (Å²) in [5.74, 6) is -0.176. The first-order valence-electron chi connectivity index (χ1n) is 6.40. The molecule has 0 amide bonds. The standard InChI is InChI=1S/C17H11NO3/c19-16-10-9-13(11-5-1-2-6-12(11)16)17(20)14-7-3-4-8-15(14)18-21/h1-10,19H. The number of rotatable bonds is 3. The van der Waals surface area contributed by atoms with Crippen molar-refractivity contribution in [3.8, 4) is 5.75 Å². The number of fused-ring (bicyclic) bond motifs is 1. The Morgan fingerprint density at radius 1 is 0.810 bits per heavy atom. The Morgan fingerprint density at radius 2 is 1.48 bits per heavy atom. The highest BCUT2D eigenvalue weighted by Gasteiger charge is 2.17. The van der Waals surface area contributed by atoms with Gasteiger partial charge in [0.05, 0.1) is 5.56 Å². The number of ketones is 1. The van der Waals surface area contributed by atoms with Crippen LogP contribution in [0.15, 0.2) is 65.8 Å². The van der Waals surface area contributed by atoms with E-state index in [1.54, 1.807) is 48.5 Å². The van der Waals surface area contributed by atoms with Gasteiger partial charge in [0.25, 0.3) is 0 Å². The predicted molar refractivity (Wildman–Crippen MR) is 80.9 cm³/mol. The number of benzene rings is 3. The lowest BCUT2D eigenvalue weighted by Gasteiger charge is -2.08. The number of phenols is 1. The minimum Gasteiger partial charge on any atom is -0.507 e. The Hall–Kier alpha value is -3.01. The average molecular weight is 277 g/mol. The van der Waals surface area contributed by atoms with Crippen molar-refractivity contribution in [3.63, 3.8) is 0 Å². The molecule has 0 radical (unpaired) electrons. The molecule has 0 aliphatic rings. The van der Waals surface area contributed by atoms with Crippen molar-refractivity contribution in [1.82, 2.24) is 0 Å². The van der Waals surface area contributed by atoms with E-state index in [-0.39, 0.29) is 22.8 Å². The molecule has 0 unspecified atom stereocenters. The monoisotopic (exact) mass is 277 g/mol. The third-order valence-corrected chi connectivity index (χ3v) is 3.39. The summed E-state index contributed by atoms with van der Waals surface area (Å²) in [6.45, 7) is 0. The van der Waals surface area contributed by atoms with E-state index in [1.165, 1.54) is 12.1 Å². The molecule has 0 heterocycles. The first kappa shape index (κ1) is 13.0. The van der Waals surface area contributed by atoms with Crippen molar-refractivity contribution in [2.24, 2.45) is 5.18 Å². The van der Waals surface area contributed by atoms with Gasteiger partial charge in [0.2, 0.25) is 0 Å². The highest BCUT2D eigenvalue weighted by molar-refractivity contribution is 6.19. The molecule has 0 saturated carbocycles. The first-order valence-corrected chi connectivity index (χ1v) is 6.40. The quantitative estimate of drug-likeness (QED) is 0.577. The van der Waals surface area contributed by atoms with Crippen molar-refractivity contribution < 1.29 is 9.90 Å². The van der Waals surface area contributed by atoms with E-state index in [0.29, 0.717) is 16.3 Å². The highest BCUT2D eigenvalue weighted by Crippen LogP contribution is 2.30. The van der Waals surface area contributed by atoms with Gasteiger partial charge < -0.3 is 5.11 Å². The third kappa shape index (κ3) is 2.17. The highest BCUT2D eigenvalue weighted by atomic mass is 16.3. The fraction of sp³-hybridized carbons (Fsp3) is 0. The number of nitrogens with zero attached hydrogens (tertiary/aromatic N) is 1. The molecule has 3 aromatic carbocycles. The van der Waals surface area contributed by atoms with Crippen LogP contribution in [0.5, 0.6) is 5.75 Å². The molecule has 3 rings (SSSR count). The van der Waals surface area contributed by atoms with Crippen LogP contribution in [0.25, 0.3) is 10.8 Å². The van der Waals surface area contributed by atoms with Crippen LogP contribution in [0.4, 0.5) is 5.69 Å². The van der Waals surface area contributed by atoms with Gasteiger partial charge >= 0.3 is 0 Å². The van der Waals surface area contributed by atoms with Gasteiger partial charge in [-0.25, -0.2) is 0 Å². The smallest absolute Gasteiger partial charge is 0.195 e. The molecule has 0 saturated heterocycles. The predicted octanol–water partition coefficient (Wildman–Crippen LogP) is 4.17. The number of nitroso groups, excluding NO2 is 1. The molecule has 0 aromatic heterocycles. The van der Waals surface area contributed by atoms with E-state index in [2.05, 4.69) is 5.18 Å². The first-order chi connectivity index (χ1) is 10.2. The van der Waals surface area contributed by atoms with E-state index in [0.717, 1.165) is 0 Å². The van der Waals surface area contributed by atoms with Gasteiger partial charge in [0.1, 0.15) is 11.4 Å². The Bertz CT molecular complexity index is 856. The molecule has 0 aliphatic carbocycles. The Labute approximate surface area is 120 Å². The zero-order valence-electron chi connectivity index (χ0n) is 11.0. The molecule has 0 spiro atoms. The van der Waals surface area contributed by atoms with Crippen LogP contribution >= 0.6 is 0 Å². The number of carbonyl (C=O) groups is 1. The number of hydrogen-bond acceptors (Lipinski definition) is 4. The van der Waals surface area contributed by atoms with Crippen molar-refractivity contribution in [2.75, 3.05) is 0 Å². The molecule has 21 heavy (non-hydrogen) atoms. The van der Waals surface area contributed by atoms with E-state index < -0.39 is 0 Å². The van der Waals surface area contributed by atoms with E-state index in [1.807, 2.05) is 0 Å². The Morgan fingerprint density at radius 3 is 2.24 bits per heavy atom. The number of aromatic hydroxyl groups is 1. The fourth-order valence-electron chi connectivity index (χ4n) is 2.37. The summed E-state index contributed by atoms with van der Waals surface area (Å²) >= 11 is 0. The van der Waals surface area contributed by atoms with Gasteiger partial charge in [0, 0.05) is 10.9 Å². The summed E-state index contributed by atoms with van der Waals surface area (Å²) in [5.41, 5.74) is 0.794. The van der Waals surface area contributed by atoms with Crippen LogP contribution in [-0.2, 0) is 0 Å². The van der Waals surface area contributed by atoms with Crippen LogP contribution in [0.3, 0.4) is 0 Å². The summed E-state index contributed by atoms with van der Waals surface area (Å²) in [5, 5.41) is 14.0. The maximum absolute atomic E-state index is 12.7. The van der Waals surface area contributed by atoms with E-state index in [9.17, 15) is 14.8 Å². The molecule has 3 aromatic rings.